The van der Waals surface area contributed by atoms with Gasteiger partial charge in [0.25, 0.3) is 0 Å². The van der Waals surface area contributed by atoms with Crippen LogP contribution < -0.4 is 0 Å². The predicted octanol–water partition coefficient (Wildman–Crippen LogP) is 3.57. The minimum atomic E-state index is -0.161. The molecule has 0 radical (unpaired) electrons. The summed E-state index contributed by atoms with van der Waals surface area (Å²) in [6.07, 6.45) is 5.13. The lowest BCUT2D eigenvalue weighted by atomic mass is 9.72. The highest BCUT2D eigenvalue weighted by molar-refractivity contribution is 5.84. The Balaban J connectivity index is 2.18. The fourth-order valence-electron chi connectivity index (χ4n) is 4.18. The molecule has 0 amide bonds. The number of aromatic amines is 1. The molecule has 27 heavy (non-hydrogen) atoms. The molecule has 3 aromatic rings. The van der Waals surface area contributed by atoms with Gasteiger partial charge in [-0.2, -0.15) is 10.3 Å². The fraction of sp³-hybridized carbons (Fsp3) is 0.550. The summed E-state index contributed by atoms with van der Waals surface area (Å²) in [6, 6.07) is 2.06. The van der Waals surface area contributed by atoms with E-state index in [0.717, 1.165) is 41.8 Å². The number of pyridine rings is 1. The van der Waals surface area contributed by atoms with Crippen molar-refractivity contribution in [3.05, 3.63) is 29.2 Å². The monoisotopic (exact) mass is 365 g/mol. The van der Waals surface area contributed by atoms with E-state index in [4.69, 9.17) is 4.98 Å². The molecule has 3 aromatic heterocycles. The van der Waals surface area contributed by atoms with Gasteiger partial charge < -0.3 is 0 Å². The number of H-pyrrole nitrogens is 1. The minimum absolute atomic E-state index is 0.0384. The molecule has 7 nitrogen and oxygen atoms in total. The first kappa shape index (κ1) is 17.8. The Morgan fingerprint density at radius 1 is 1.19 bits per heavy atom. The third kappa shape index (κ3) is 2.85. The number of nitrogens with one attached hydrogen (secondary N) is 1. The number of tetrazole rings is 1. The second-order valence-electron chi connectivity index (χ2n) is 9.10. The highest BCUT2D eigenvalue weighted by atomic mass is 15.5. The van der Waals surface area contributed by atoms with Crippen molar-refractivity contribution >= 4 is 0 Å². The first-order valence-corrected chi connectivity index (χ1v) is 9.50. The van der Waals surface area contributed by atoms with Crippen LogP contribution in [0.25, 0.3) is 22.6 Å². The van der Waals surface area contributed by atoms with Crippen molar-refractivity contribution in [2.75, 3.05) is 0 Å². The summed E-state index contributed by atoms with van der Waals surface area (Å²) < 4.78 is 1.92. The van der Waals surface area contributed by atoms with Crippen LogP contribution in [0.1, 0.15) is 64.4 Å². The molecule has 1 aliphatic carbocycles. The maximum Gasteiger partial charge on any atom is 0.207 e. The summed E-state index contributed by atoms with van der Waals surface area (Å²) >= 11 is 0. The van der Waals surface area contributed by atoms with Gasteiger partial charge in [0.2, 0.25) is 5.82 Å². The lowest BCUT2D eigenvalue weighted by molar-refractivity contribution is 0.413. The van der Waals surface area contributed by atoms with E-state index >= 15 is 0 Å². The van der Waals surface area contributed by atoms with Gasteiger partial charge >= 0.3 is 0 Å². The maximum atomic E-state index is 5.24. The van der Waals surface area contributed by atoms with E-state index < -0.39 is 0 Å². The molecule has 0 fully saturated rings. The Bertz CT molecular complexity index is 975. The Kier molecular flexibility index (Phi) is 3.94. The van der Waals surface area contributed by atoms with Crippen LogP contribution in [0.15, 0.2) is 12.3 Å². The van der Waals surface area contributed by atoms with Crippen molar-refractivity contribution in [3.63, 3.8) is 0 Å². The average molecular weight is 365 g/mol. The summed E-state index contributed by atoms with van der Waals surface area (Å²) in [5, 5.41) is 19.5. The fourth-order valence-corrected chi connectivity index (χ4v) is 4.18. The first-order valence-electron chi connectivity index (χ1n) is 9.50. The van der Waals surface area contributed by atoms with Gasteiger partial charge in [0, 0.05) is 29.6 Å². The molecule has 142 valence electrons. The van der Waals surface area contributed by atoms with Crippen molar-refractivity contribution in [1.82, 2.24) is 35.4 Å². The van der Waals surface area contributed by atoms with E-state index in [-0.39, 0.29) is 10.8 Å². The highest BCUT2D eigenvalue weighted by Crippen LogP contribution is 2.46. The van der Waals surface area contributed by atoms with Gasteiger partial charge in [-0.25, -0.2) is 0 Å². The summed E-state index contributed by atoms with van der Waals surface area (Å²) in [5.41, 5.74) is 6.56. The Labute approximate surface area is 159 Å². The number of aryl methyl sites for hydroxylation is 1. The Morgan fingerprint density at radius 2 is 1.96 bits per heavy atom. The lowest BCUT2D eigenvalue weighted by Crippen LogP contribution is -2.29. The van der Waals surface area contributed by atoms with Gasteiger partial charge in [-0.15, -0.1) is 10.2 Å². The zero-order chi connectivity index (χ0) is 19.4. The van der Waals surface area contributed by atoms with E-state index in [2.05, 4.69) is 66.4 Å². The number of hydrogen-bond acceptors (Lipinski definition) is 5. The summed E-state index contributed by atoms with van der Waals surface area (Å²) in [7, 11) is 1.98. The first-order chi connectivity index (χ1) is 12.7. The normalized spacial score (nSPS) is 16.4. The molecule has 0 spiro atoms. The largest absolute Gasteiger partial charge is 0.268 e. The number of hydrogen-bond donors (Lipinski definition) is 1. The molecule has 0 aromatic carbocycles. The molecule has 0 saturated carbocycles. The smallest absolute Gasteiger partial charge is 0.207 e. The average Bonchev–Trinajstić information content (AvgIpc) is 3.23. The highest BCUT2D eigenvalue weighted by Gasteiger charge is 2.37. The summed E-state index contributed by atoms with van der Waals surface area (Å²) in [4.78, 5) is 5.24. The molecule has 0 unspecified atom stereocenters. The third-order valence-corrected chi connectivity index (χ3v) is 5.52. The quantitative estimate of drug-likeness (QED) is 0.750. The van der Waals surface area contributed by atoms with Crippen molar-refractivity contribution < 1.29 is 0 Å². The molecule has 7 heteroatoms. The molecule has 1 N–H and O–H groups in total. The van der Waals surface area contributed by atoms with Crippen LogP contribution in [0, 0.1) is 0 Å². The predicted molar refractivity (Wildman–Crippen MR) is 104 cm³/mol. The van der Waals surface area contributed by atoms with Crippen molar-refractivity contribution in [3.8, 4) is 22.6 Å². The van der Waals surface area contributed by atoms with E-state index in [9.17, 15) is 0 Å². The number of nitrogens with zero attached hydrogens (tertiary/aromatic N) is 6. The second-order valence-corrected chi connectivity index (χ2v) is 9.10. The van der Waals surface area contributed by atoms with Gasteiger partial charge in [-0.3, -0.25) is 9.67 Å². The van der Waals surface area contributed by atoms with Crippen molar-refractivity contribution in [2.24, 2.45) is 7.05 Å². The van der Waals surface area contributed by atoms with Crippen LogP contribution in [0.2, 0.25) is 0 Å². The molecule has 0 saturated heterocycles. The van der Waals surface area contributed by atoms with Gasteiger partial charge in [0.15, 0.2) is 0 Å². The summed E-state index contributed by atoms with van der Waals surface area (Å²) in [6.45, 7) is 11.2. The van der Waals surface area contributed by atoms with E-state index in [1.807, 2.05) is 17.9 Å². The van der Waals surface area contributed by atoms with E-state index in [1.54, 1.807) is 0 Å². The lowest BCUT2D eigenvalue weighted by Gasteiger charge is -2.36. The molecule has 1 aliphatic rings. The number of rotatable bonds is 2. The molecule has 0 atom stereocenters. The Hall–Kier alpha value is -2.57. The van der Waals surface area contributed by atoms with Gasteiger partial charge in [0.05, 0.1) is 22.6 Å². The molecule has 0 bridgehead atoms. The SMILES string of the molecule is Cn1nccc1-c1c2c(nc(C(C)(C)C)c1-c1nn[nH]n1)C(C)(C)CCC2. The van der Waals surface area contributed by atoms with Crippen LogP contribution in [-0.2, 0) is 24.3 Å². The van der Waals surface area contributed by atoms with E-state index in [1.165, 1.54) is 11.3 Å². The van der Waals surface area contributed by atoms with Gasteiger partial charge in [-0.1, -0.05) is 34.6 Å². The molecule has 3 heterocycles. The standard InChI is InChI=1S/C20H27N7/c1-19(2,3)17-15(18-23-25-26-24-18)14(13-9-11-21-27(13)6)12-8-7-10-20(4,5)16(12)22-17/h9,11H,7-8,10H2,1-6H3,(H,23,24,25,26). The number of aromatic nitrogens is 7. The van der Waals surface area contributed by atoms with Crippen LogP contribution in [0.4, 0.5) is 0 Å². The van der Waals surface area contributed by atoms with Crippen LogP contribution in [0.5, 0.6) is 0 Å². The minimum Gasteiger partial charge on any atom is -0.268 e. The zero-order valence-electron chi connectivity index (χ0n) is 17.0. The molecular weight excluding hydrogens is 338 g/mol. The van der Waals surface area contributed by atoms with Crippen LogP contribution in [0.3, 0.4) is 0 Å². The van der Waals surface area contributed by atoms with Gasteiger partial charge in [-0.05, 0) is 36.1 Å². The van der Waals surface area contributed by atoms with Crippen molar-refractivity contribution in [1.29, 1.82) is 0 Å². The molecule has 4 rings (SSSR count). The third-order valence-electron chi connectivity index (χ3n) is 5.52. The molecule has 0 aliphatic heterocycles. The van der Waals surface area contributed by atoms with Crippen LogP contribution in [-0.4, -0.2) is 35.4 Å². The molecular formula is C20H27N7. The maximum absolute atomic E-state index is 5.24. The second kappa shape index (κ2) is 5.97. The Morgan fingerprint density at radius 3 is 2.56 bits per heavy atom. The number of fused-ring (bicyclic) bond motifs is 1. The zero-order valence-corrected chi connectivity index (χ0v) is 17.0. The van der Waals surface area contributed by atoms with Crippen molar-refractivity contribution in [2.45, 2.75) is 64.7 Å². The summed E-state index contributed by atoms with van der Waals surface area (Å²) in [5.74, 6) is 0.592. The van der Waals surface area contributed by atoms with E-state index in [0.29, 0.717) is 5.82 Å². The topological polar surface area (TPSA) is 85.2 Å². The van der Waals surface area contributed by atoms with Gasteiger partial charge in [0.1, 0.15) is 0 Å². The van der Waals surface area contributed by atoms with Crippen LogP contribution >= 0.6 is 0 Å².